The zero-order valence-electron chi connectivity index (χ0n) is 36.4. The molecule has 55 heavy (non-hydrogen) atoms. The number of carbonyl (C=O) groups excluding carboxylic acids is 1. The number of hydrogen-bond acceptors (Lipinski definition) is 2. The van der Waals surface area contributed by atoms with E-state index in [9.17, 15) is 4.79 Å². The van der Waals surface area contributed by atoms with Crippen LogP contribution in [0.5, 0.6) is 0 Å². The maximum Gasteiger partial charge on any atom is 0.333 e. The Hall–Kier alpha value is -1.38. The Morgan fingerprint density at radius 1 is 0.655 bits per heavy atom. The predicted octanol–water partition coefficient (Wildman–Crippen LogP) is 13.7. The molecular weight excluding hydrogens is 692 g/mol. The van der Waals surface area contributed by atoms with Crippen molar-refractivity contribution in [2.45, 2.75) is 177 Å². The molecule has 8 rings (SSSR count). The van der Waals surface area contributed by atoms with E-state index in [0.29, 0.717) is 39.8 Å². The molecule has 0 amide bonds. The van der Waals surface area contributed by atoms with Gasteiger partial charge in [-0.1, -0.05) is 48.1 Å². The zero-order chi connectivity index (χ0) is 39.2. The van der Waals surface area contributed by atoms with E-state index in [1.807, 2.05) is 0 Å². The van der Waals surface area contributed by atoms with Crippen LogP contribution in [0.4, 0.5) is 0 Å². The molecule has 0 spiro atoms. The van der Waals surface area contributed by atoms with Crippen LogP contribution in [0.25, 0.3) is 0 Å². The second-order valence-electron chi connectivity index (χ2n) is 22.1. The second-order valence-corrected chi connectivity index (χ2v) is 22.5. The summed E-state index contributed by atoms with van der Waals surface area (Å²) in [5.74, 6) is 25.2. The summed E-state index contributed by atoms with van der Waals surface area (Å²) >= 11 is 5.98. The van der Waals surface area contributed by atoms with Crippen molar-refractivity contribution in [2.75, 3.05) is 12.5 Å². The fourth-order valence-corrected chi connectivity index (χ4v) is 16.8. The molecule has 0 saturated heterocycles. The van der Waals surface area contributed by atoms with E-state index in [1.54, 1.807) is 6.92 Å². The second kappa shape index (κ2) is 16.7. The van der Waals surface area contributed by atoms with E-state index in [4.69, 9.17) is 16.3 Å². The minimum Gasteiger partial charge on any atom is -0.462 e. The highest BCUT2D eigenvalue weighted by molar-refractivity contribution is 6.17. The Morgan fingerprint density at radius 3 is 1.56 bits per heavy atom. The number of alkyl halides is 1. The third kappa shape index (κ3) is 7.55. The normalized spacial score (nSPS) is 45.7. The third-order valence-corrected chi connectivity index (χ3v) is 20.0. The van der Waals surface area contributed by atoms with Crippen molar-refractivity contribution < 1.29 is 9.53 Å². The van der Waals surface area contributed by atoms with E-state index >= 15 is 0 Å². The van der Waals surface area contributed by atoms with Crippen LogP contribution in [-0.2, 0) is 9.53 Å². The maximum atomic E-state index is 11.6. The summed E-state index contributed by atoms with van der Waals surface area (Å²) in [6.45, 7) is 21.4. The molecule has 8 aliphatic rings. The lowest BCUT2D eigenvalue weighted by atomic mass is 9.45. The molecule has 0 aromatic heterocycles. The Labute approximate surface area is 343 Å². The lowest BCUT2D eigenvalue weighted by Crippen LogP contribution is -2.52. The predicted molar refractivity (Wildman–Crippen MR) is 230 cm³/mol. The van der Waals surface area contributed by atoms with Crippen molar-refractivity contribution in [3.05, 3.63) is 12.2 Å². The molecule has 0 aromatic rings. The van der Waals surface area contributed by atoms with E-state index in [0.717, 1.165) is 90.2 Å². The number of hydrogen-bond donors (Lipinski definition) is 0. The third-order valence-electron chi connectivity index (χ3n) is 19.7. The van der Waals surface area contributed by atoms with Crippen molar-refractivity contribution in [3.63, 3.8) is 0 Å². The summed E-state index contributed by atoms with van der Waals surface area (Å²) in [7, 11) is 0. The lowest BCUT2D eigenvalue weighted by molar-refractivity contribution is -0.139. The number of fused-ring (bicyclic) bond motifs is 10. The molecule has 6 fully saturated rings. The van der Waals surface area contributed by atoms with E-state index in [-0.39, 0.29) is 5.97 Å². The first-order chi connectivity index (χ1) is 26.3. The van der Waals surface area contributed by atoms with Crippen LogP contribution in [0, 0.1) is 116 Å². The number of carbonyl (C=O) groups is 1. The van der Waals surface area contributed by atoms with Crippen molar-refractivity contribution >= 4 is 17.6 Å². The number of rotatable bonds is 10. The van der Waals surface area contributed by atoms with Gasteiger partial charge in [0.25, 0.3) is 0 Å². The fourth-order valence-electron chi connectivity index (χ4n) is 16.6. The van der Waals surface area contributed by atoms with Gasteiger partial charge in [0.2, 0.25) is 0 Å². The molecule has 0 bridgehead atoms. The number of esters is 1. The van der Waals surface area contributed by atoms with Crippen LogP contribution in [0.3, 0.4) is 0 Å². The highest BCUT2D eigenvalue weighted by Gasteiger charge is 2.61. The monoisotopic (exact) mass is 771 g/mol. The van der Waals surface area contributed by atoms with Crippen LogP contribution in [0.2, 0.25) is 0 Å². The number of halogens is 1. The standard InChI is InChI=1S/C28H42O2.C24H37Cl/c1-19(2)26(29)30-18-8-9-20(3)23-13-14-24-22-12-11-21-10-6-7-16-27(21,4)25(22)15-17-28(23,24)5;1-17(7-6-16-25)20-11-12-21-19-10-9-18-8-4-5-14-23(18,2)22(19)13-15-24(20,21)3/h20-25H,1,8-18H2,2-5H3;17-22H,6-16H2,1-3H3/t20-,21?,22+,23-,24+,25+,27+,28-;17-,18?,19+,20-,21+,22+,23+,24-/m11/s1. The Bertz CT molecular complexity index is 1520. The Balaban J connectivity index is 0.000000172. The topological polar surface area (TPSA) is 26.3 Å². The van der Waals surface area contributed by atoms with Crippen molar-refractivity contribution in [1.29, 1.82) is 0 Å². The van der Waals surface area contributed by atoms with Gasteiger partial charge in [-0.2, -0.15) is 0 Å². The minimum absolute atomic E-state index is 0.245. The van der Waals surface area contributed by atoms with Crippen LogP contribution in [0.1, 0.15) is 177 Å². The minimum atomic E-state index is -0.245. The van der Waals surface area contributed by atoms with Gasteiger partial charge in [0.15, 0.2) is 0 Å². The number of ether oxygens (including phenoxy) is 1. The van der Waals surface area contributed by atoms with Gasteiger partial charge in [0.1, 0.15) is 0 Å². The average molecular weight is 772 g/mol. The van der Waals surface area contributed by atoms with Gasteiger partial charge < -0.3 is 4.74 Å². The molecule has 16 atom stereocenters. The van der Waals surface area contributed by atoms with Gasteiger partial charge in [0, 0.05) is 37.1 Å². The zero-order valence-corrected chi connectivity index (χ0v) is 37.1. The van der Waals surface area contributed by atoms with Gasteiger partial charge in [-0.3, -0.25) is 0 Å². The highest BCUT2D eigenvalue weighted by atomic mass is 35.5. The summed E-state index contributed by atoms with van der Waals surface area (Å²) in [6, 6.07) is 0. The summed E-state index contributed by atoms with van der Waals surface area (Å²) in [5.41, 5.74) is 2.62. The van der Waals surface area contributed by atoms with E-state index in [1.165, 1.54) is 109 Å². The molecule has 306 valence electrons. The summed E-state index contributed by atoms with van der Waals surface area (Å²) in [5, 5.41) is 0. The molecule has 6 saturated carbocycles. The van der Waals surface area contributed by atoms with Crippen LogP contribution in [-0.4, -0.2) is 18.5 Å². The van der Waals surface area contributed by atoms with Gasteiger partial charge in [0.05, 0.1) is 6.61 Å². The maximum absolute atomic E-state index is 11.6. The lowest BCUT2D eigenvalue weighted by Gasteiger charge is -2.59. The molecular formula is C52H79ClO2. The molecule has 0 radical (unpaired) electrons. The Kier molecular flexibility index (Phi) is 12.7. The molecule has 0 N–H and O–H groups in total. The SMILES string of the molecule is C=C(C)C(=O)OCCC[C@@H](C)[C@H]1CC[C@H]2[C@@H]3CCC4CC#CC[C@]4(C)[C@H]3CC[C@]12C.C[C@H](CCCCl)[C@H]1CC[C@H]2[C@@H]3CCC4CC#CC[C@]4(C)[C@H]3CC[C@]12C. The first-order valence-electron chi connectivity index (χ1n) is 23.6. The fraction of sp³-hybridized carbons (Fsp3) is 0.865. The van der Waals surface area contributed by atoms with Crippen molar-refractivity contribution in [2.24, 2.45) is 92.7 Å². The van der Waals surface area contributed by atoms with Crippen molar-refractivity contribution in [3.8, 4) is 23.7 Å². The van der Waals surface area contributed by atoms with Crippen LogP contribution in [0.15, 0.2) is 12.2 Å². The van der Waals surface area contributed by atoms with Gasteiger partial charge >= 0.3 is 5.97 Å². The Morgan fingerprint density at radius 2 is 1.11 bits per heavy atom. The molecule has 8 aliphatic carbocycles. The quantitative estimate of drug-likeness (QED) is 0.0727. The van der Waals surface area contributed by atoms with Gasteiger partial charge in [-0.05, 0) is 202 Å². The molecule has 0 aliphatic heterocycles. The van der Waals surface area contributed by atoms with Crippen molar-refractivity contribution in [1.82, 2.24) is 0 Å². The molecule has 2 nitrogen and oxygen atoms in total. The van der Waals surface area contributed by atoms with Crippen LogP contribution >= 0.6 is 11.6 Å². The first-order valence-corrected chi connectivity index (χ1v) is 24.1. The summed E-state index contributed by atoms with van der Waals surface area (Å²) in [4.78, 5) is 11.6. The molecule has 0 aromatic carbocycles. The summed E-state index contributed by atoms with van der Waals surface area (Å²) < 4.78 is 5.33. The molecule has 2 unspecified atom stereocenters. The average Bonchev–Trinajstić information content (AvgIpc) is 3.72. The smallest absolute Gasteiger partial charge is 0.333 e. The van der Waals surface area contributed by atoms with E-state index in [2.05, 4.69) is 71.8 Å². The van der Waals surface area contributed by atoms with Gasteiger partial charge in [-0.15, -0.1) is 35.3 Å². The highest BCUT2D eigenvalue weighted by Crippen LogP contribution is 2.69. The summed E-state index contributed by atoms with van der Waals surface area (Å²) in [6.07, 6.45) is 26.7. The van der Waals surface area contributed by atoms with Crippen LogP contribution < -0.4 is 0 Å². The molecule has 0 heterocycles. The largest absolute Gasteiger partial charge is 0.462 e. The molecule has 3 heteroatoms. The first kappa shape index (κ1) is 41.8. The van der Waals surface area contributed by atoms with E-state index < -0.39 is 0 Å². The van der Waals surface area contributed by atoms with Gasteiger partial charge in [-0.25, -0.2) is 4.79 Å².